The van der Waals surface area contributed by atoms with E-state index in [1.807, 2.05) is 0 Å². The Labute approximate surface area is 101 Å². The Morgan fingerprint density at radius 3 is 2.83 bits per heavy atom. The lowest BCUT2D eigenvalue weighted by Gasteiger charge is -2.15. The number of alkyl halides is 1. The van der Waals surface area contributed by atoms with E-state index >= 15 is 0 Å². The molecule has 0 spiro atoms. The first kappa shape index (κ1) is 12.5. The van der Waals surface area contributed by atoms with Crippen molar-refractivity contribution in [3.63, 3.8) is 0 Å². The van der Waals surface area contributed by atoms with Crippen molar-refractivity contribution >= 4 is 5.82 Å². The first-order chi connectivity index (χ1) is 8.41. The maximum atomic E-state index is 13.8. The van der Waals surface area contributed by atoms with Crippen LogP contribution >= 0.6 is 0 Å². The number of ether oxygens (including phenoxy) is 1. The zero-order valence-electron chi connectivity index (χ0n) is 9.23. The minimum absolute atomic E-state index is 0.00618. The number of hydrogen-bond acceptors (Lipinski definition) is 6. The van der Waals surface area contributed by atoms with E-state index in [1.165, 1.54) is 12.3 Å². The lowest BCUT2D eigenvalue weighted by molar-refractivity contribution is -0.0255. The fourth-order valence-electron chi connectivity index (χ4n) is 1.76. The van der Waals surface area contributed by atoms with E-state index in [2.05, 4.69) is 11.6 Å². The van der Waals surface area contributed by atoms with E-state index in [0.717, 1.165) is 4.57 Å². The van der Waals surface area contributed by atoms with E-state index in [9.17, 15) is 14.3 Å². The standard InChI is InChI=1S/C10H12FN3O4/c1-4(15)8-7(16)6(11)9(18-8)14-3-2-5(12)13-10(14)17/h2-3,6-9,15-16H,1H2,(H2,12,13,17)/t6-,7+,8-,9-/m1/s1. The van der Waals surface area contributed by atoms with Crippen LogP contribution in [-0.2, 0) is 4.74 Å². The molecule has 1 aromatic heterocycles. The van der Waals surface area contributed by atoms with Crippen LogP contribution in [0, 0.1) is 0 Å². The third-order valence-corrected chi connectivity index (χ3v) is 2.65. The Kier molecular flexibility index (Phi) is 3.05. The molecule has 1 aliphatic heterocycles. The summed E-state index contributed by atoms with van der Waals surface area (Å²) in [6.07, 6.45) is -4.94. The molecule has 18 heavy (non-hydrogen) atoms. The maximum Gasteiger partial charge on any atom is 0.351 e. The van der Waals surface area contributed by atoms with Gasteiger partial charge in [0, 0.05) is 6.20 Å². The second kappa shape index (κ2) is 4.39. The molecular weight excluding hydrogens is 245 g/mol. The summed E-state index contributed by atoms with van der Waals surface area (Å²) in [5.41, 5.74) is 4.49. The highest BCUT2D eigenvalue weighted by Gasteiger charge is 2.47. The topological polar surface area (TPSA) is 111 Å². The smallest absolute Gasteiger partial charge is 0.351 e. The van der Waals surface area contributed by atoms with Gasteiger partial charge in [-0.15, -0.1) is 0 Å². The van der Waals surface area contributed by atoms with Gasteiger partial charge in [-0.25, -0.2) is 9.18 Å². The molecule has 0 amide bonds. The molecule has 7 nitrogen and oxygen atoms in total. The molecule has 1 fully saturated rings. The largest absolute Gasteiger partial charge is 0.510 e. The number of aromatic nitrogens is 2. The summed E-state index contributed by atoms with van der Waals surface area (Å²) < 4.78 is 19.7. The highest BCUT2D eigenvalue weighted by Crippen LogP contribution is 2.33. The van der Waals surface area contributed by atoms with E-state index in [-0.39, 0.29) is 5.82 Å². The summed E-state index contributed by atoms with van der Waals surface area (Å²) >= 11 is 0. The minimum atomic E-state index is -1.89. The first-order valence-electron chi connectivity index (χ1n) is 5.12. The van der Waals surface area contributed by atoms with Crippen LogP contribution in [0.15, 0.2) is 29.4 Å². The summed E-state index contributed by atoms with van der Waals surface area (Å²) in [6, 6.07) is 1.30. The number of nitrogens with two attached hydrogens (primary N) is 1. The van der Waals surface area contributed by atoms with Crippen LogP contribution in [0.1, 0.15) is 6.23 Å². The van der Waals surface area contributed by atoms with E-state index in [1.54, 1.807) is 0 Å². The van der Waals surface area contributed by atoms with Crippen LogP contribution in [0.3, 0.4) is 0 Å². The SMILES string of the molecule is C=C(O)[C@H]1O[C@@H](n2ccc(N)nc2=O)[C@H](F)[C@@H]1O. The van der Waals surface area contributed by atoms with Crippen LogP contribution in [-0.4, -0.2) is 38.1 Å². The van der Waals surface area contributed by atoms with E-state index in [4.69, 9.17) is 15.6 Å². The fourth-order valence-corrected chi connectivity index (χ4v) is 1.76. The Bertz CT molecular complexity index is 532. The van der Waals surface area contributed by atoms with Gasteiger partial charge in [0.15, 0.2) is 12.4 Å². The van der Waals surface area contributed by atoms with Crippen LogP contribution in [0.2, 0.25) is 0 Å². The van der Waals surface area contributed by atoms with E-state index < -0.39 is 36.1 Å². The number of aliphatic hydroxyl groups excluding tert-OH is 2. The van der Waals surface area contributed by atoms with Gasteiger partial charge in [-0.1, -0.05) is 6.58 Å². The highest BCUT2D eigenvalue weighted by molar-refractivity contribution is 5.23. The Hall–Kier alpha value is -1.93. The molecule has 2 rings (SSSR count). The van der Waals surface area contributed by atoms with Gasteiger partial charge < -0.3 is 20.7 Å². The molecular formula is C10H12FN3O4. The highest BCUT2D eigenvalue weighted by atomic mass is 19.1. The van der Waals surface area contributed by atoms with Crippen LogP contribution < -0.4 is 11.4 Å². The number of halogens is 1. The summed E-state index contributed by atoms with van der Waals surface area (Å²) in [7, 11) is 0. The van der Waals surface area contributed by atoms with Crippen molar-refractivity contribution in [3.8, 4) is 0 Å². The Morgan fingerprint density at radius 2 is 2.33 bits per heavy atom. The first-order valence-corrected chi connectivity index (χ1v) is 5.12. The molecule has 0 bridgehead atoms. The van der Waals surface area contributed by atoms with Crippen molar-refractivity contribution in [1.82, 2.24) is 9.55 Å². The van der Waals surface area contributed by atoms with Gasteiger partial charge in [-0.2, -0.15) is 4.98 Å². The van der Waals surface area contributed by atoms with Crippen molar-refractivity contribution in [2.45, 2.75) is 24.6 Å². The number of nitrogens with zero attached hydrogens (tertiary/aromatic N) is 2. The van der Waals surface area contributed by atoms with Gasteiger partial charge in [-0.3, -0.25) is 4.57 Å². The Balaban J connectivity index is 2.35. The Morgan fingerprint density at radius 1 is 1.67 bits per heavy atom. The summed E-state index contributed by atoms with van der Waals surface area (Å²) in [5, 5.41) is 18.7. The molecule has 0 aromatic carbocycles. The molecule has 0 unspecified atom stereocenters. The average molecular weight is 257 g/mol. The summed E-state index contributed by atoms with van der Waals surface area (Å²) in [4.78, 5) is 14.9. The molecule has 0 radical (unpaired) electrons. The lowest BCUT2D eigenvalue weighted by Crippen LogP contribution is -2.33. The van der Waals surface area contributed by atoms with Crippen LogP contribution in [0.4, 0.5) is 10.2 Å². The second-order valence-corrected chi connectivity index (χ2v) is 3.92. The van der Waals surface area contributed by atoms with Crippen molar-refractivity contribution in [1.29, 1.82) is 0 Å². The van der Waals surface area contributed by atoms with Gasteiger partial charge in [0.2, 0.25) is 0 Å². The molecule has 4 N–H and O–H groups in total. The number of nitrogen functional groups attached to an aromatic ring is 1. The number of rotatable bonds is 2. The molecule has 8 heteroatoms. The number of hydrogen-bond donors (Lipinski definition) is 3. The monoisotopic (exact) mass is 257 g/mol. The number of aliphatic hydroxyl groups is 2. The zero-order chi connectivity index (χ0) is 13.4. The second-order valence-electron chi connectivity index (χ2n) is 3.92. The fraction of sp³-hybridized carbons (Fsp3) is 0.400. The predicted molar refractivity (Wildman–Crippen MR) is 59.5 cm³/mol. The summed E-state index contributed by atoms with van der Waals surface area (Å²) in [6.45, 7) is 3.17. The van der Waals surface area contributed by atoms with E-state index in [0.29, 0.717) is 0 Å². The molecule has 2 heterocycles. The predicted octanol–water partition coefficient (Wildman–Crippen LogP) is -0.506. The molecule has 0 aliphatic carbocycles. The van der Waals surface area contributed by atoms with Gasteiger partial charge >= 0.3 is 5.69 Å². The molecule has 0 saturated carbocycles. The van der Waals surface area contributed by atoms with Crippen LogP contribution in [0.5, 0.6) is 0 Å². The van der Waals surface area contributed by atoms with Crippen molar-refractivity contribution in [2.75, 3.05) is 5.73 Å². The minimum Gasteiger partial charge on any atom is -0.510 e. The number of anilines is 1. The molecule has 1 aromatic rings. The van der Waals surface area contributed by atoms with Gasteiger partial charge in [-0.05, 0) is 6.07 Å². The van der Waals surface area contributed by atoms with Gasteiger partial charge in [0.25, 0.3) is 0 Å². The zero-order valence-corrected chi connectivity index (χ0v) is 9.23. The van der Waals surface area contributed by atoms with Crippen molar-refractivity contribution < 1.29 is 19.3 Å². The molecule has 1 saturated heterocycles. The normalized spacial score (nSPS) is 31.4. The maximum absolute atomic E-state index is 13.8. The van der Waals surface area contributed by atoms with Gasteiger partial charge in [0.1, 0.15) is 23.8 Å². The molecule has 98 valence electrons. The summed E-state index contributed by atoms with van der Waals surface area (Å²) in [5.74, 6) is -0.516. The van der Waals surface area contributed by atoms with Crippen molar-refractivity contribution in [3.05, 3.63) is 35.1 Å². The van der Waals surface area contributed by atoms with Gasteiger partial charge in [0.05, 0.1) is 0 Å². The van der Waals surface area contributed by atoms with Crippen LogP contribution in [0.25, 0.3) is 0 Å². The molecule has 1 aliphatic rings. The third-order valence-electron chi connectivity index (χ3n) is 2.65. The van der Waals surface area contributed by atoms with Crippen molar-refractivity contribution in [2.24, 2.45) is 0 Å². The average Bonchev–Trinajstić information content (AvgIpc) is 2.57. The quantitative estimate of drug-likeness (QED) is 0.616. The molecule has 4 atom stereocenters. The lowest BCUT2D eigenvalue weighted by atomic mass is 10.1. The third kappa shape index (κ3) is 1.95.